The number of amides is 1. The fraction of sp³-hybridized carbons (Fsp3) is 0.533. The first-order valence-corrected chi connectivity index (χ1v) is 6.72. The molecule has 0 spiro atoms. The molecule has 0 fully saturated rings. The molecule has 0 atom stereocenters. The molecule has 1 aromatic rings. The van der Waals surface area contributed by atoms with Gasteiger partial charge >= 0.3 is 0 Å². The lowest BCUT2D eigenvalue weighted by molar-refractivity contribution is -0.385. The van der Waals surface area contributed by atoms with Gasteiger partial charge in [-0.3, -0.25) is 14.9 Å². The molecule has 110 valence electrons. The second-order valence-electron chi connectivity index (χ2n) is 6.14. The largest absolute Gasteiger partial charge is 0.325 e. The summed E-state index contributed by atoms with van der Waals surface area (Å²) in [6.45, 7) is 9.57. The van der Waals surface area contributed by atoms with Crippen LogP contribution >= 0.6 is 0 Å². The van der Waals surface area contributed by atoms with E-state index in [9.17, 15) is 14.9 Å². The molecule has 0 heterocycles. The molecule has 5 heteroatoms. The molecular weight excluding hydrogens is 256 g/mol. The number of hydrogen-bond acceptors (Lipinski definition) is 3. The number of hydrogen-bond donors (Lipinski definition) is 1. The smallest absolute Gasteiger partial charge is 0.274 e. The molecule has 20 heavy (non-hydrogen) atoms. The zero-order valence-electron chi connectivity index (χ0n) is 12.7. The molecule has 0 aromatic heterocycles. The van der Waals surface area contributed by atoms with E-state index in [2.05, 4.69) is 5.32 Å². The third-order valence-corrected chi connectivity index (χ3v) is 3.06. The van der Waals surface area contributed by atoms with Gasteiger partial charge in [-0.1, -0.05) is 33.8 Å². The van der Waals surface area contributed by atoms with Crippen LogP contribution in [0.15, 0.2) is 12.1 Å². The highest BCUT2D eigenvalue weighted by molar-refractivity contribution is 5.93. The topological polar surface area (TPSA) is 72.2 Å². The maximum Gasteiger partial charge on any atom is 0.274 e. The van der Waals surface area contributed by atoms with Gasteiger partial charge in [0.05, 0.1) is 16.2 Å². The molecule has 0 aliphatic rings. The zero-order valence-corrected chi connectivity index (χ0v) is 12.7. The summed E-state index contributed by atoms with van der Waals surface area (Å²) >= 11 is 0. The van der Waals surface area contributed by atoms with Gasteiger partial charge in [0, 0.05) is 12.5 Å². The molecule has 0 aliphatic heterocycles. The summed E-state index contributed by atoms with van der Waals surface area (Å²) in [4.78, 5) is 22.6. The lowest BCUT2D eigenvalue weighted by atomic mass is 9.91. The summed E-state index contributed by atoms with van der Waals surface area (Å²) in [5, 5.41) is 13.8. The van der Waals surface area contributed by atoms with Crippen molar-refractivity contribution >= 4 is 17.3 Å². The average molecular weight is 278 g/mol. The summed E-state index contributed by atoms with van der Waals surface area (Å²) in [5.41, 5.74) is 1.92. The van der Waals surface area contributed by atoms with Gasteiger partial charge in [0.25, 0.3) is 5.69 Å². The van der Waals surface area contributed by atoms with Crippen LogP contribution in [0.1, 0.15) is 45.2 Å². The lowest BCUT2D eigenvalue weighted by Gasteiger charge is -2.19. The first kappa shape index (κ1) is 16.1. The van der Waals surface area contributed by atoms with E-state index in [1.807, 2.05) is 27.7 Å². The van der Waals surface area contributed by atoms with Crippen molar-refractivity contribution in [2.24, 2.45) is 5.41 Å². The quantitative estimate of drug-likeness (QED) is 0.671. The van der Waals surface area contributed by atoms with Crippen LogP contribution < -0.4 is 5.32 Å². The summed E-state index contributed by atoms with van der Waals surface area (Å²) in [6.07, 6.45) is 1.09. The first-order chi connectivity index (χ1) is 9.15. The highest BCUT2D eigenvalue weighted by atomic mass is 16.6. The van der Waals surface area contributed by atoms with Gasteiger partial charge in [0.2, 0.25) is 5.91 Å². The van der Waals surface area contributed by atoms with E-state index in [1.165, 1.54) is 6.07 Å². The van der Waals surface area contributed by atoms with Crippen molar-refractivity contribution in [2.75, 3.05) is 5.32 Å². The number of carbonyl (C=O) groups is 1. The van der Waals surface area contributed by atoms with Crippen molar-refractivity contribution in [3.63, 3.8) is 0 Å². The Balaban J connectivity index is 3.12. The summed E-state index contributed by atoms with van der Waals surface area (Å²) in [6, 6.07) is 3.20. The van der Waals surface area contributed by atoms with Gasteiger partial charge in [0.15, 0.2) is 0 Å². The Morgan fingerprint density at radius 2 is 1.95 bits per heavy atom. The van der Waals surface area contributed by atoms with Crippen LogP contribution in [0.25, 0.3) is 0 Å². The SMILES string of the molecule is CCc1ccc([N+](=O)[O-])c(C)c1NC(=O)CC(C)(C)C. The van der Waals surface area contributed by atoms with Crippen molar-refractivity contribution in [3.05, 3.63) is 33.4 Å². The number of benzene rings is 1. The van der Waals surface area contributed by atoms with Crippen molar-refractivity contribution < 1.29 is 9.72 Å². The number of nitro benzene ring substituents is 1. The Bertz CT molecular complexity index is 531. The predicted molar refractivity (Wildman–Crippen MR) is 79.9 cm³/mol. The summed E-state index contributed by atoms with van der Waals surface area (Å²) < 4.78 is 0. The molecule has 0 aliphatic carbocycles. The van der Waals surface area contributed by atoms with Crippen molar-refractivity contribution in [1.29, 1.82) is 0 Å². The molecular formula is C15H22N2O3. The van der Waals surface area contributed by atoms with Crippen molar-refractivity contribution in [3.8, 4) is 0 Å². The normalized spacial score (nSPS) is 11.2. The molecule has 0 saturated carbocycles. The van der Waals surface area contributed by atoms with E-state index in [0.29, 0.717) is 24.1 Å². The fourth-order valence-electron chi connectivity index (χ4n) is 2.09. The third-order valence-electron chi connectivity index (χ3n) is 3.06. The molecule has 5 nitrogen and oxygen atoms in total. The van der Waals surface area contributed by atoms with E-state index in [0.717, 1.165) is 5.56 Å². The van der Waals surface area contributed by atoms with E-state index in [-0.39, 0.29) is 17.0 Å². The molecule has 1 amide bonds. The van der Waals surface area contributed by atoms with Crippen LogP contribution in [0, 0.1) is 22.5 Å². The van der Waals surface area contributed by atoms with Crippen LogP contribution in [-0.4, -0.2) is 10.8 Å². The highest BCUT2D eigenvalue weighted by Crippen LogP contribution is 2.30. The Kier molecular flexibility index (Phi) is 4.87. The molecule has 1 N–H and O–H groups in total. The summed E-state index contributed by atoms with van der Waals surface area (Å²) in [5.74, 6) is -0.115. The lowest BCUT2D eigenvalue weighted by Crippen LogP contribution is -2.21. The first-order valence-electron chi connectivity index (χ1n) is 6.72. The number of anilines is 1. The van der Waals surface area contributed by atoms with Gasteiger partial charge < -0.3 is 5.32 Å². The zero-order chi connectivity index (χ0) is 15.5. The molecule has 0 unspecified atom stereocenters. The minimum absolute atomic E-state index is 0.0354. The molecule has 0 saturated heterocycles. The van der Waals surface area contributed by atoms with Crippen LogP contribution in [0.4, 0.5) is 11.4 Å². The summed E-state index contributed by atoms with van der Waals surface area (Å²) in [7, 11) is 0. The van der Waals surface area contributed by atoms with E-state index in [4.69, 9.17) is 0 Å². The molecule has 1 rings (SSSR count). The maximum atomic E-state index is 12.0. The standard InChI is InChI=1S/C15H22N2O3/c1-6-11-7-8-12(17(19)20)10(2)14(11)16-13(18)9-15(3,4)5/h7-8H,6,9H2,1-5H3,(H,16,18). The van der Waals surface area contributed by atoms with Gasteiger partial charge in [-0.05, 0) is 24.3 Å². The van der Waals surface area contributed by atoms with Crippen molar-refractivity contribution in [2.45, 2.75) is 47.5 Å². The predicted octanol–water partition coefficient (Wildman–Crippen LogP) is 3.84. The highest BCUT2D eigenvalue weighted by Gasteiger charge is 2.21. The van der Waals surface area contributed by atoms with E-state index < -0.39 is 4.92 Å². The number of carbonyl (C=O) groups excluding carboxylic acids is 1. The minimum atomic E-state index is -0.422. The van der Waals surface area contributed by atoms with E-state index in [1.54, 1.807) is 13.0 Å². The maximum absolute atomic E-state index is 12.0. The Labute approximate surface area is 119 Å². The van der Waals surface area contributed by atoms with Gasteiger partial charge in [-0.25, -0.2) is 0 Å². The van der Waals surface area contributed by atoms with Crippen LogP contribution in [-0.2, 0) is 11.2 Å². The number of nitrogens with zero attached hydrogens (tertiary/aromatic N) is 1. The molecule has 1 aromatic carbocycles. The Morgan fingerprint density at radius 1 is 1.35 bits per heavy atom. The second-order valence-corrected chi connectivity index (χ2v) is 6.14. The fourth-order valence-corrected chi connectivity index (χ4v) is 2.09. The minimum Gasteiger partial charge on any atom is -0.325 e. The number of aryl methyl sites for hydroxylation is 1. The third kappa shape index (κ3) is 4.05. The van der Waals surface area contributed by atoms with Crippen LogP contribution in [0.2, 0.25) is 0 Å². The second kappa shape index (κ2) is 6.03. The van der Waals surface area contributed by atoms with Gasteiger partial charge in [0.1, 0.15) is 0 Å². The van der Waals surface area contributed by atoms with Crippen LogP contribution in [0.5, 0.6) is 0 Å². The number of nitro groups is 1. The molecule has 0 bridgehead atoms. The molecule has 0 radical (unpaired) electrons. The number of rotatable bonds is 4. The van der Waals surface area contributed by atoms with Crippen molar-refractivity contribution in [1.82, 2.24) is 0 Å². The van der Waals surface area contributed by atoms with Crippen LogP contribution in [0.3, 0.4) is 0 Å². The Hall–Kier alpha value is -1.91. The monoisotopic (exact) mass is 278 g/mol. The van der Waals surface area contributed by atoms with Gasteiger partial charge in [-0.15, -0.1) is 0 Å². The Morgan fingerprint density at radius 3 is 2.40 bits per heavy atom. The van der Waals surface area contributed by atoms with E-state index >= 15 is 0 Å². The number of nitrogens with one attached hydrogen (secondary N) is 1. The average Bonchev–Trinajstić information content (AvgIpc) is 2.28. The van der Waals surface area contributed by atoms with Gasteiger partial charge in [-0.2, -0.15) is 0 Å².